The van der Waals surface area contributed by atoms with Crippen molar-refractivity contribution in [3.63, 3.8) is 0 Å². The lowest BCUT2D eigenvalue weighted by molar-refractivity contribution is 0.624. The maximum Gasteiger partial charge on any atom is 0.124 e. The molecule has 0 atom stereocenters. The van der Waals surface area contributed by atoms with Gasteiger partial charge in [-0.05, 0) is 49.1 Å². The average Bonchev–Trinajstić information content (AvgIpc) is 3.23. The summed E-state index contributed by atoms with van der Waals surface area (Å²) >= 11 is 1.50. The molecule has 1 aliphatic carbocycles. The van der Waals surface area contributed by atoms with Gasteiger partial charge < -0.3 is 5.32 Å². The first-order chi connectivity index (χ1) is 9.70. The maximum absolute atomic E-state index is 13.2. The zero-order chi connectivity index (χ0) is 13.9. The predicted molar refractivity (Wildman–Crippen MR) is 79.4 cm³/mol. The maximum atomic E-state index is 13.2. The highest BCUT2D eigenvalue weighted by atomic mass is 32.2. The Balaban J connectivity index is 1.69. The first-order valence-corrected chi connectivity index (χ1v) is 7.65. The molecule has 0 aliphatic heterocycles. The third-order valence-electron chi connectivity index (χ3n) is 3.27. The second-order valence-electron chi connectivity index (χ2n) is 5.18. The summed E-state index contributed by atoms with van der Waals surface area (Å²) < 4.78 is 13.2. The van der Waals surface area contributed by atoms with Crippen LogP contribution in [0.3, 0.4) is 0 Å². The Morgan fingerprint density at radius 2 is 2.20 bits per heavy atom. The van der Waals surface area contributed by atoms with E-state index in [9.17, 15) is 4.39 Å². The Kier molecular flexibility index (Phi) is 4.03. The molecule has 1 fully saturated rings. The quantitative estimate of drug-likeness (QED) is 0.902. The van der Waals surface area contributed by atoms with Gasteiger partial charge in [-0.15, -0.1) is 0 Å². The Morgan fingerprint density at radius 3 is 2.90 bits per heavy atom. The van der Waals surface area contributed by atoms with Crippen molar-refractivity contribution < 1.29 is 4.39 Å². The second kappa shape index (κ2) is 5.94. The standard InChI is InChI=1S/C16H17FN2S/c1-11-7-12(9-18-14-5-6-14)10-19-16(11)20-15-4-2-3-13(17)8-15/h2-4,7-8,10,14,18H,5-6,9H2,1H3. The number of rotatable bonds is 5. The molecule has 2 aromatic rings. The average molecular weight is 288 g/mol. The van der Waals surface area contributed by atoms with E-state index in [1.54, 1.807) is 6.07 Å². The lowest BCUT2D eigenvalue weighted by atomic mass is 10.2. The molecule has 1 heterocycles. The molecular formula is C16H17FN2S. The van der Waals surface area contributed by atoms with Crippen LogP contribution in [0.2, 0.25) is 0 Å². The molecular weight excluding hydrogens is 271 g/mol. The molecule has 1 aromatic heterocycles. The molecule has 0 spiro atoms. The van der Waals surface area contributed by atoms with Crippen molar-refractivity contribution in [2.75, 3.05) is 0 Å². The first kappa shape index (κ1) is 13.6. The number of nitrogens with one attached hydrogen (secondary N) is 1. The van der Waals surface area contributed by atoms with Gasteiger partial charge in [-0.2, -0.15) is 0 Å². The molecule has 4 heteroatoms. The molecule has 0 radical (unpaired) electrons. The normalized spacial score (nSPS) is 14.5. The van der Waals surface area contributed by atoms with E-state index in [2.05, 4.69) is 23.3 Å². The second-order valence-corrected chi connectivity index (χ2v) is 6.24. The van der Waals surface area contributed by atoms with E-state index < -0.39 is 0 Å². The summed E-state index contributed by atoms with van der Waals surface area (Å²) in [6, 6.07) is 9.48. The highest BCUT2D eigenvalue weighted by molar-refractivity contribution is 7.99. The molecule has 0 saturated heterocycles. The summed E-state index contributed by atoms with van der Waals surface area (Å²) in [5.41, 5.74) is 2.34. The van der Waals surface area contributed by atoms with Gasteiger partial charge in [0.2, 0.25) is 0 Å². The number of pyridine rings is 1. The zero-order valence-electron chi connectivity index (χ0n) is 11.4. The van der Waals surface area contributed by atoms with Crippen molar-refractivity contribution in [3.05, 3.63) is 53.5 Å². The largest absolute Gasteiger partial charge is 0.310 e. The lowest BCUT2D eigenvalue weighted by Crippen LogP contribution is -2.15. The summed E-state index contributed by atoms with van der Waals surface area (Å²) in [5, 5.41) is 4.42. The molecule has 0 bridgehead atoms. The van der Waals surface area contributed by atoms with Gasteiger partial charge in [-0.1, -0.05) is 23.9 Å². The van der Waals surface area contributed by atoms with Crippen LogP contribution in [-0.4, -0.2) is 11.0 Å². The lowest BCUT2D eigenvalue weighted by Gasteiger charge is -2.08. The number of aryl methyl sites for hydroxylation is 1. The topological polar surface area (TPSA) is 24.9 Å². The first-order valence-electron chi connectivity index (χ1n) is 6.83. The molecule has 2 nitrogen and oxygen atoms in total. The van der Waals surface area contributed by atoms with Crippen LogP contribution < -0.4 is 5.32 Å². The number of hydrogen-bond acceptors (Lipinski definition) is 3. The number of hydrogen-bond donors (Lipinski definition) is 1. The van der Waals surface area contributed by atoms with Crippen molar-refractivity contribution in [2.24, 2.45) is 0 Å². The van der Waals surface area contributed by atoms with E-state index in [0.717, 1.165) is 22.0 Å². The van der Waals surface area contributed by atoms with Crippen LogP contribution in [0.4, 0.5) is 4.39 Å². The third kappa shape index (κ3) is 3.58. The van der Waals surface area contributed by atoms with Gasteiger partial charge in [-0.25, -0.2) is 9.37 Å². The van der Waals surface area contributed by atoms with Crippen LogP contribution in [0.25, 0.3) is 0 Å². The Morgan fingerprint density at radius 1 is 1.35 bits per heavy atom. The molecule has 20 heavy (non-hydrogen) atoms. The SMILES string of the molecule is Cc1cc(CNC2CC2)cnc1Sc1cccc(F)c1. The van der Waals surface area contributed by atoms with Gasteiger partial charge in [0, 0.05) is 23.7 Å². The minimum Gasteiger partial charge on any atom is -0.310 e. The van der Waals surface area contributed by atoms with Crippen molar-refractivity contribution in [3.8, 4) is 0 Å². The fourth-order valence-electron chi connectivity index (χ4n) is 2.02. The van der Waals surface area contributed by atoms with Crippen LogP contribution in [0, 0.1) is 12.7 Å². The predicted octanol–water partition coefficient (Wildman–Crippen LogP) is 3.93. The van der Waals surface area contributed by atoms with Gasteiger partial charge in [0.05, 0.1) is 0 Å². The molecule has 3 rings (SSSR count). The summed E-state index contributed by atoms with van der Waals surface area (Å²) in [6.07, 6.45) is 4.49. The molecule has 1 aromatic carbocycles. The van der Waals surface area contributed by atoms with Crippen molar-refractivity contribution in [1.82, 2.24) is 10.3 Å². The molecule has 1 N–H and O–H groups in total. The fourth-order valence-corrected chi connectivity index (χ4v) is 2.88. The monoisotopic (exact) mass is 288 g/mol. The number of nitrogens with zero attached hydrogens (tertiary/aromatic N) is 1. The van der Waals surface area contributed by atoms with Gasteiger partial charge in [0.15, 0.2) is 0 Å². The van der Waals surface area contributed by atoms with Crippen molar-refractivity contribution in [2.45, 2.75) is 42.3 Å². The van der Waals surface area contributed by atoms with Crippen LogP contribution in [-0.2, 0) is 6.54 Å². The summed E-state index contributed by atoms with van der Waals surface area (Å²) in [5.74, 6) is -0.210. The molecule has 1 saturated carbocycles. The van der Waals surface area contributed by atoms with Gasteiger partial charge >= 0.3 is 0 Å². The molecule has 0 unspecified atom stereocenters. The van der Waals surface area contributed by atoms with Crippen LogP contribution in [0.5, 0.6) is 0 Å². The number of benzene rings is 1. The fraction of sp³-hybridized carbons (Fsp3) is 0.312. The van der Waals surface area contributed by atoms with E-state index in [1.165, 1.54) is 42.3 Å². The highest BCUT2D eigenvalue weighted by Crippen LogP contribution is 2.29. The van der Waals surface area contributed by atoms with Crippen molar-refractivity contribution in [1.29, 1.82) is 0 Å². The van der Waals surface area contributed by atoms with Gasteiger partial charge in [0.25, 0.3) is 0 Å². The van der Waals surface area contributed by atoms with Gasteiger partial charge in [0.1, 0.15) is 10.8 Å². The van der Waals surface area contributed by atoms with Crippen LogP contribution in [0.1, 0.15) is 24.0 Å². The Hall–Kier alpha value is -1.39. The van der Waals surface area contributed by atoms with E-state index in [1.807, 2.05) is 12.3 Å². The highest BCUT2D eigenvalue weighted by Gasteiger charge is 2.20. The molecule has 104 valence electrons. The molecule has 0 amide bonds. The van der Waals surface area contributed by atoms with Crippen LogP contribution in [0.15, 0.2) is 46.5 Å². The van der Waals surface area contributed by atoms with Crippen molar-refractivity contribution >= 4 is 11.8 Å². The summed E-state index contributed by atoms with van der Waals surface area (Å²) in [4.78, 5) is 5.38. The smallest absolute Gasteiger partial charge is 0.124 e. The minimum atomic E-state index is -0.210. The van der Waals surface area contributed by atoms with E-state index in [4.69, 9.17) is 0 Å². The number of aromatic nitrogens is 1. The Labute approximate surface area is 122 Å². The van der Waals surface area contributed by atoms with Crippen LogP contribution >= 0.6 is 11.8 Å². The van der Waals surface area contributed by atoms with E-state index >= 15 is 0 Å². The van der Waals surface area contributed by atoms with E-state index in [-0.39, 0.29) is 5.82 Å². The number of halogens is 1. The summed E-state index contributed by atoms with van der Waals surface area (Å²) in [6.45, 7) is 2.93. The zero-order valence-corrected chi connectivity index (χ0v) is 12.2. The minimum absolute atomic E-state index is 0.210. The Bertz CT molecular complexity index is 611. The third-order valence-corrected chi connectivity index (χ3v) is 4.38. The van der Waals surface area contributed by atoms with Gasteiger partial charge in [-0.3, -0.25) is 0 Å². The summed E-state index contributed by atoms with van der Waals surface area (Å²) in [7, 11) is 0. The van der Waals surface area contributed by atoms with E-state index in [0.29, 0.717) is 6.04 Å². The molecule has 1 aliphatic rings.